The molecule has 4 heterocycles. The normalized spacial score (nSPS) is 28.4. The number of esters is 5. The number of rotatable bonds is 12. The lowest BCUT2D eigenvalue weighted by Crippen LogP contribution is -2.60. The number of carbonyl (C=O) groups excluding carboxylic acids is 7. The van der Waals surface area contributed by atoms with Gasteiger partial charge in [0.1, 0.15) is 17.6 Å². The number of methoxy groups -OCH3 is 1. The van der Waals surface area contributed by atoms with Crippen molar-refractivity contribution >= 4 is 76.7 Å². The molecule has 2 aromatic carbocycles. The Morgan fingerprint density at radius 1 is 0.659 bits per heavy atom. The number of alkyl halides is 3. The highest BCUT2D eigenvalue weighted by Crippen LogP contribution is 2.43. The molecule has 0 bridgehead atoms. The van der Waals surface area contributed by atoms with E-state index in [1.165, 1.54) is 101 Å². The van der Waals surface area contributed by atoms with Crippen LogP contribution in [0.4, 0.5) is 0 Å². The van der Waals surface area contributed by atoms with Crippen LogP contribution < -0.4 is 4.74 Å². The van der Waals surface area contributed by atoms with Gasteiger partial charge >= 0.3 is 36.0 Å². The maximum Gasteiger partial charge on any atom is 0.373 e. The monoisotopic (exact) mass is 1260 g/mol. The van der Waals surface area contributed by atoms with Gasteiger partial charge in [0.05, 0.1) is 13.2 Å². The van der Waals surface area contributed by atoms with E-state index in [9.17, 15) is 29.1 Å². The Bertz CT molecular complexity index is 2610. The van der Waals surface area contributed by atoms with E-state index < -0.39 is 88.6 Å². The molecule has 4 saturated heterocycles. The van der Waals surface area contributed by atoms with E-state index >= 15 is 0 Å². The third kappa shape index (κ3) is 19.5. The van der Waals surface area contributed by atoms with Gasteiger partial charge in [-0.3, -0.25) is 34.4 Å². The quantitative estimate of drug-likeness (QED) is 0.0659. The maximum absolute atomic E-state index is 12.0. The first-order valence-corrected chi connectivity index (χ1v) is 29.8. The molecule has 478 valence electrons. The van der Waals surface area contributed by atoms with Gasteiger partial charge in [-0.1, -0.05) is 102 Å². The average molecular weight is 1260 g/mol. The molecule has 85 heavy (non-hydrogen) atoms. The number of aryl methyl sites for hydroxylation is 2. The summed E-state index contributed by atoms with van der Waals surface area (Å²) in [5.41, 5.74) is 7.24. The Morgan fingerprint density at radius 2 is 1.09 bits per heavy atom. The number of nitrogens with zero attached hydrogens (tertiary/aromatic N) is 2. The number of carbonyl (C=O) groups is 5. The van der Waals surface area contributed by atoms with Crippen LogP contribution in [0.25, 0.3) is 0 Å². The average Bonchev–Trinajstić information content (AvgIpc) is 2.95. The van der Waals surface area contributed by atoms with Crippen LogP contribution in [0.5, 0.6) is 11.5 Å². The largest absolute Gasteiger partial charge is 0.507 e. The van der Waals surface area contributed by atoms with Crippen molar-refractivity contribution in [3.8, 4) is 11.5 Å². The van der Waals surface area contributed by atoms with Gasteiger partial charge in [0.2, 0.25) is 30.7 Å². The van der Waals surface area contributed by atoms with E-state index in [2.05, 4.69) is 52.6 Å². The van der Waals surface area contributed by atoms with Gasteiger partial charge in [-0.25, -0.2) is 4.79 Å². The number of nitrogens with one attached hydrogen (secondary N) is 1. The first kappa shape index (κ1) is 74.2. The Kier molecular flexibility index (Phi) is 29.6. The molecule has 0 unspecified atom stereocenters. The molecular weight excluding hydrogens is 1170 g/mol. The lowest BCUT2D eigenvalue weighted by Gasteiger charge is -2.46. The molecule has 2 aliphatic carbocycles. The minimum Gasteiger partial charge on any atom is -0.507 e. The summed E-state index contributed by atoms with van der Waals surface area (Å²) < 4.78 is 47.4. The highest BCUT2D eigenvalue weighted by molar-refractivity contribution is 6.76. The van der Waals surface area contributed by atoms with Crippen molar-refractivity contribution in [1.82, 2.24) is 9.80 Å². The van der Waals surface area contributed by atoms with Crippen molar-refractivity contribution in [2.45, 2.75) is 220 Å². The fourth-order valence-electron chi connectivity index (χ4n) is 12.5. The van der Waals surface area contributed by atoms with Gasteiger partial charge in [-0.15, -0.1) is 0 Å². The fraction of sp³-hybridized carbons (Fsp3) is 0.694. The summed E-state index contributed by atoms with van der Waals surface area (Å²) >= 11 is 16.7. The molecule has 6 aliphatic rings. The van der Waals surface area contributed by atoms with Gasteiger partial charge in [0, 0.05) is 51.6 Å². The molecular formula is C62H92Cl3N3O17. The lowest BCUT2D eigenvalue weighted by atomic mass is 9.74. The minimum absolute atomic E-state index is 0. The zero-order valence-electron chi connectivity index (χ0n) is 49.8. The highest BCUT2D eigenvalue weighted by atomic mass is 35.6. The predicted molar refractivity (Wildman–Crippen MR) is 319 cm³/mol. The predicted octanol–water partition coefficient (Wildman–Crippen LogP) is 9.93. The number of ether oxygens (including phenoxy) is 9. The molecule has 0 aromatic heterocycles. The SMILES string of the molecule is C.C.CCCN1CCC[C@@H]2Cc3c(ccc(C)c3O)C[C@H]21.CCCN1CCC[C@@H]2Cc3c(ccc(C)c3O[C@@H]3O[C@H](C)[C@@H](C)[C@H](OC(C)=O)[C@H]3OC(C)=O)C[C@H]21.COC(=O)[C@H]1O[C@H](OC(=N)C(Cl)(Cl)Cl)[C@H](OC(C)=O)[C@@H](OC(C)=O)[C@@H]1C.O=C=O. The number of fused-ring (bicyclic) bond motifs is 4. The summed E-state index contributed by atoms with van der Waals surface area (Å²) in [6.07, 6.45) is 4.15. The van der Waals surface area contributed by atoms with Crippen molar-refractivity contribution in [2.75, 3.05) is 33.3 Å². The van der Waals surface area contributed by atoms with E-state index in [0.29, 0.717) is 23.8 Å². The van der Waals surface area contributed by atoms with E-state index in [1.807, 2.05) is 27.7 Å². The summed E-state index contributed by atoms with van der Waals surface area (Å²) in [5.74, 6) is -2.13. The molecule has 4 aliphatic heterocycles. The molecule has 20 nitrogen and oxygen atoms in total. The van der Waals surface area contributed by atoms with Crippen LogP contribution in [0.2, 0.25) is 0 Å². The van der Waals surface area contributed by atoms with Crippen LogP contribution in [0.15, 0.2) is 24.3 Å². The molecule has 0 radical (unpaired) electrons. The Balaban J connectivity index is 0.000000336. The van der Waals surface area contributed by atoms with Crippen molar-refractivity contribution in [1.29, 1.82) is 5.41 Å². The van der Waals surface area contributed by atoms with Gasteiger partial charge in [-0.05, 0) is 156 Å². The van der Waals surface area contributed by atoms with E-state index in [1.54, 1.807) is 0 Å². The molecule has 14 atom stereocenters. The van der Waals surface area contributed by atoms with Crippen LogP contribution in [-0.2, 0) is 97.1 Å². The summed E-state index contributed by atoms with van der Waals surface area (Å²) in [4.78, 5) is 80.4. The standard InChI is InChI=1S/C28H41NO6.C17H25NO.C14H18Cl3NO8.CO2.2CH4/c1-7-12-29-13-8-9-22-14-23-21(15-24(22)29)11-10-16(2)25(23)35-28-27(34-20(6)31)26(33-19(5)30)17(3)18(4)32-28;1-3-8-18-9-4-5-14-10-15-13(11-16(14)18)7-6-12(2)17(15)19;1-5-8(23-6(2)19)10(24-7(3)20)12(25-9(5)11(21)22-4)26-13(18)14(15,16)17;2-1-3;;/h10-11,17-18,22,24,26-28H,7-9,12-15H2,1-6H3;6-7,14,16,19H,3-5,8-11H2,1-2H3;5,8-10,12,18H,1-4H3;;2*1H4/t17-,18-,22-,24-,26+,27-,28+;14-,16-;5-,8-,9-,10+,12+;;;/m110.../s1. The smallest absolute Gasteiger partial charge is 0.373 e. The fourth-order valence-corrected chi connectivity index (χ4v) is 12.7. The maximum atomic E-state index is 12.0. The van der Waals surface area contributed by atoms with E-state index in [4.69, 9.17) is 87.7 Å². The summed E-state index contributed by atoms with van der Waals surface area (Å²) in [7, 11) is 1.14. The number of hydrogen-bond donors (Lipinski definition) is 2. The number of piperidine rings is 2. The topological polar surface area (TPSA) is 253 Å². The summed E-state index contributed by atoms with van der Waals surface area (Å²) in [5, 5.41) is 18.0. The Labute approximate surface area is 517 Å². The van der Waals surface area contributed by atoms with E-state index in [0.717, 1.165) is 76.0 Å². The third-order valence-electron chi connectivity index (χ3n) is 16.5. The number of phenols is 1. The molecule has 0 spiro atoms. The first-order valence-electron chi connectivity index (χ1n) is 28.6. The minimum atomic E-state index is -2.23. The van der Waals surface area contributed by atoms with Crippen LogP contribution in [0.1, 0.15) is 149 Å². The van der Waals surface area contributed by atoms with Crippen LogP contribution >= 0.6 is 34.8 Å². The third-order valence-corrected chi connectivity index (χ3v) is 17.0. The molecule has 0 amide bonds. The highest BCUT2D eigenvalue weighted by Gasteiger charge is 2.53. The summed E-state index contributed by atoms with van der Waals surface area (Å²) in [6, 6.07) is 9.95. The zero-order valence-corrected chi connectivity index (χ0v) is 52.1. The molecule has 0 saturated carbocycles. The number of benzene rings is 2. The Morgan fingerprint density at radius 3 is 1.55 bits per heavy atom. The number of hydrogen-bond acceptors (Lipinski definition) is 20. The molecule has 4 fully saturated rings. The summed E-state index contributed by atoms with van der Waals surface area (Å²) in [6.45, 7) is 23.8. The lowest BCUT2D eigenvalue weighted by molar-refractivity contribution is -0.270. The number of aromatic hydroxyl groups is 1. The second kappa shape index (κ2) is 33.9. The van der Waals surface area contributed by atoms with Crippen LogP contribution in [-0.4, -0.2) is 155 Å². The number of likely N-dealkylation sites (tertiary alicyclic amines) is 2. The van der Waals surface area contributed by atoms with Gasteiger partial charge in [0.25, 0.3) is 3.79 Å². The van der Waals surface area contributed by atoms with Gasteiger partial charge < -0.3 is 47.7 Å². The van der Waals surface area contributed by atoms with Crippen molar-refractivity contribution in [3.05, 3.63) is 57.6 Å². The molecule has 2 N–H and O–H groups in total. The van der Waals surface area contributed by atoms with Crippen molar-refractivity contribution in [2.24, 2.45) is 23.7 Å². The molecule has 23 heteroatoms. The van der Waals surface area contributed by atoms with Crippen molar-refractivity contribution in [3.63, 3.8) is 0 Å². The second-order valence-corrected chi connectivity index (χ2v) is 24.6. The molecule has 8 rings (SSSR count). The molecule has 2 aromatic rings. The van der Waals surface area contributed by atoms with Gasteiger partial charge in [-0.2, -0.15) is 9.59 Å². The number of halogens is 3. The zero-order chi connectivity index (χ0) is 61.6. The van der Waals surface area contributed by atoms with Crippen LogP contribution in [0.3, 0.4) is 0 Å². The number of phenolic OH excluding ortho intramolecular Hbond substituents is 1. The van der Waals surface area contributed by atoms with Crippen molar-refractivity contribution < 1.29 is 81.3 Å². The van der Waals surface area contributed by atoms with E-state index in [-0.39, 0.29) is 33.0 Å². The Hall–Kier alpha value is -5.05. The first-order chi connectivity index (χ1) is 39.2. The van der Waals surface area contributed by atoms with Gasteiger partial charge in [0.15, 0.2) is 12.2 Å². The second-order valence-electron chi connectivity index (χ2n) is 22.4. The van der Waals surface area contributed by atoms with Crippen LogP contribution in [0, 0.1) is 42.9 Å².